The zero-order valence-corrected chi connectivity index (χ0v) is 9.79. The van der Waals surface area contributed by atoms with Crippen LogP contribution < -0.4 is 0 Å². The molecule has 0 aromatic rings. The van der Waals surface area contributed by atoms with Crippen LogP contribution in [-0.2, 0) is 9.22 Å². The highest BCUT2D eigenvalue weighted by molar-refractivity contribution is 6.29. The first-order valence-corrected chi connectivity index (χ1v) is 5.87. The Morgan fingerprint density at radius 3 is 2.77 bits per heavy atom. The number of rotatable bonds is 7. The molecule has 1 unspecified atom stereocenters. The zero-order valence-electron chi connectivity index (χ0n) is 8.38. The first-order valence-electron chi connectivity index (χ1n) is 4.48. The van der Waals surface area contributed by atoms with Crippen LogP contribution in [0, 0.1) is 0 Å². The molecule has 0 aromatic carbocycles. The fourth-order valence-electron chi connectivity index (χ4n) is 1.14. The van der Waals surface area contributed by atoms with Crippen LogP contribution in [0.2, 0.25) is 5.54 Å². The zero-order chi connectivity index (χ0) is 10.3. The molecule has 0 aliphatic carbocycles. The lowest BCUT2D eigenvalue weighted by atomic mass is 10.1. The van der Waals surface area contributed by atoms with Crippen molar-refractivity contribution < 1.29 is 14.3 Å². The second-order valence-electron chi connectivity index (χ2n) is 3.36. The molecule has 0 amide bonds. The number of hydrogen-bond acceptors (Lipinski definition) is 2. The SMILES string of the molecule is C=C(CCCC(C)[SiH2]OC)C(=O)O. The average molecular weight is 202 g/mol. The van der Waals surface area contributed by atoms with Gasteiger partial charge < -0.3 is 9.53 Å². The van der Waals surface area contributed by atoms with E-state index in [-0.39, 0.29) is 0 Å². The van der Waals surface area contributed by atoms with Gasteiger partial charge >= 0.3 is 5.97 Å². The Morgan fingerprint density at radius 1 is 1.69 bits per heavy atom. The van der Waals surface area contributed by atoms with E-state index in [9.17, 15) is 4.79 Å². The minimum atomic E-state index is -0.878. The molecule has 0 aliphatic rings. The van der Waals surface area contributed by atoms with Crippen molar-refractivity contribution >= 4 is 15.7 Å². The van der Waals surface area contributed by atoms with E-state index in [1.54, 1.807) is 7.11 Å². The van der Waals surface area contributed by atoms with Gasteiger partial charge in [0, 0.05) is 12.7 Å². The highest BCUT2D eigenvalue weighted by Crippen LogP contribution is 2.14. The molecular weight excluding hydrogens is 184 g/mol. The third-order valence-electron chi connectivity index (χ3n) is 1.93. The van der Waals surface area contributed by atoms with Gasteiger partial charge in [-0.05, 0) is 18.4 Å². The second-order valence-corrected chi connectivity index (χ2v) is 5.67. The molecule has 0 aliphatic heterocycles. The van der Waals surface area contributed by atoms with Gasteiger partial charge in [0.15, 0.2) is 9.76 Å². The molecule has 0 heterocycles. The molecule has 0 saturated carbocycles. The molecule has 1 atom stereocenters. The fourth-order valence-corrected chi connectivity index (χ4v) is 2.16. The van der Waals surface area contributed by atoms with Crippen molar-refractivity contribution in [3.8, 4) is 0 Å². The second kappa shape index (κ2) is 6.86. The molecule has 13 heavy (non-hydrogen) atoms. The van der Waals surface area contributed by atoms with Gasteiger partial charge in [-0.2, -0.15) is 0 Å². The summed E-state index contributed by atoms with van der Waals surface area (Å²) in [5, 5.41) is 8.54. The van der Waals surface area contributed by atoms with Crippen LogP contribution in [0.15, 0.2) is 12.2 Å². The van der Waals surface area contributed by atoms with E-state index in [1.807, 2.05) is 0 Å². The van der Waals surface area contributed by atoms with Crippen LogP contribution in [0.1, 0.15) is 26.2 Å². The Morgan fingerprint density at radius 2 is 2.31 bits per heavy atom. The van der Waals surface area contributed by atoms with Gasteiger partial charge in [0.2, 0.25) is 0 Å². The summed E-state index contributed by atoms with van der Waals surface area (Å²) in [6.07, 6.45) is 2.55. The van der Waals surface area contributed by atoms with Crippen molar-refractivity contribution in [3.05, 3.63) is 12.2 Å². The summed E-state index contributed by atoms with van der Waals surface area (Å²) in [7, 11) is 1.34. The van der Waals surface area contributed by atoms with Crippen LogP contribution in [-0.4, -0.2) is 27.9 Å². The van der Waals surface area contributed by atoms with E-state index in [4.69, 9.17) is 9.53 Å². The molecule has 0 aromatic heterocycles. The van der Waals surface area contributed by atoms with Gasteiger partial charge in [0.25, 0.3) is 0 Å². The van der Waals surface area contributed by atoms with Crippen LogP contribution in [0.5, 0.6) is 0 Å². The van der Waals surface area contributed by atoms with Gasteiger partial charge in [0.05, 0.1) is 0 Å². The first-order chi connectivity index (χ1) is 6.07. The molecule has 0 rings (SSSR count). The maximum absolute atomic E-state index is 10.4. The molecular formula is C9H18O3Si. The number of aliphatic carboxylic acids is 1. The lowest BCUT2D eigenvalue weighted by Crippen LogP contribution is -2.03. The summed E-state index contributed by atoms with van der Waals surface area (Å²) < 4.78 is 5.11. The Bertz CT molecular complexity index is 180. The minimum Gasteiger partial charge on any atom is -0.478 e. The lowest BCUT2D eigenvalue weighted by molar-refractivity contribution is -0.132. The molecule has 4 heteroatoms. The highest BCUT2D eigenvalue weighted by Gasteiger charge is 2.06. The Kier molecular flexibility index (Phi) is 6.53. The van der Waals surface area contributed by atoms with Gasteiger partial charge in [-0.1, -0.05) is 19.9 Å². The number of hydrogen-bond donors (Lipinski definition) is 1. The summed E-state index contributed by atoms with van der Waals surface area (Å²) in [6, 6.07) is 0. The smallest absolute Gasteiger partial charge is 0.330 e. The summed E-state index contributed by atoms with van der Waals surface area (Å²) in [4.78, 5) is 10.4. The fraction of sp³-hybridized carbons (Fsp3) is 0.667. The van der Waals surface area contributed by atoms with E-state index in [1.165, 1.54) is 0 Å². The van der Waals surface area contributed by atoms with Gasteiger partial charge in [-0.15, -0.1) is 0 Å². The normalized spacial score (nSPS) is 13.4. The number of carbonyl (C=O) groups is 1. The maximum Gasteiger partial charge on any atom is 0.330 e. The molecule has 76 valence electrons. The Balaban J connectivity index is 3.44. The number of carboxylic acid groups (broad SMARTS) is 1. The highest BCUT2D eigenvalue weighted by atomic mass is 28.2. The predicted octanol–water partition coefficient (Wildman–Crippen LogP) is 1.34. The van der Waals surface area contributed by atoms with Crippen molar-refractivity contribution in [1.29, 1.82) is 0 Å². The third-order valence-corrected chi connectivity index (χ3v) is 3.24. The van der Waals surface area contributed by atoms with Crippen LogP contribution in [0.3, 0.4) is 0 Å². The quantitative estimate of drug-likeness (QED) is 0.500. The summed E-state index contributed by atoms with van der Waals surface area (Å²) in [6.45, 7) is 5.63. The predicted molar refractivity (Wildman–Crippen MR) is 55.6 cm³/mol. The molecule has 0 spiro atoms. The summed E-state index contributed by atoms with van der Waals surface area (Å²) in [5.41, 5.74) is 0.942. The molecule has 0 fully saturated rings. The minimum absolute atomic E-state index is 0.311. The van der Waals surface area contributed by atoms with E-state index in [2.05, 4.69) is 13.5 Å². The topological polar surface area (TPSA) is 46.5 Å². The van der Waals surface area contributed by atoms with Crippen molar-refractivity contribution in [2.75, 3.05) is 7.11 Å². The van der Waals surface area contributed by atoms with E-state index >= 15 is 0 Å². The molecule has 3 nitrogen and oxygen atoms in total. The molecule has 1 N–H and O–H groups in total. The Labute approximate surface area is 81.7 Å². The van der Waals surface area contributed by atoms with Crippen LogP contribution >= 0.6 is 0 Å². The molecule has 0 radical (unpaired) electrons. The summed E-state index contributed by atoms with van der Waals surface area (Å²) in [5.74, 6) is -0.878. The van der Waals surface area contributed by atoms with Gasteiger partial charge in [-0.25, -0.2) is 4.79 Å². The van der Waals surface area contributed by atoms with Gasteiger partial charge in [0.1, 0.15) is 0 Å². The van der Waals surface area contributed by atoms with Crippen LogP contribution in [0.4, 0.5) is 0 Å². The molecule has 0 bridgehead atoms. The monoisotopic (exact) mass is 202 g/mol. The maximum atomic E-state index is 10.4. The third kappa shape index (κ3) is 6.54. The van der Waals surface area contributed by atoms with Crippen molar-refractivity contribution in [2.45, 2.75) is 31.7 Å². The van der Waals surface area contributed by atoms with Crippen molar-refractivity contribution in [1.82, 2.24) is 0 Å². The van der Waals surface area contributed by atoms with Crippen molar-refractivity contribution in [3.63, 3.8) is 0 Å². The van der Waals surface area contributed by atoms with Crippen LogP contribution in [0.25, 0.3) is 0 Å². The average Bonchev–Trinajstić information content (AvgIpc) is 2.04. The molecule has 0 saturated heterocycles. The number of carboxylic acids is 1. The van der Waals surface area contributed by atoms with Gasteiger partial charge in [-0.3, -0.25) is 0 Å². The van der Waals surface area contributed by atoms with Crippen molar-refractivity contribution in [2.24, 2.45) is 0 Å². The van der Waals surface area contributed by atoms with E-state index in [0.717, 1.165) is 12.8 Å². The largest absolute Gasteiger partial charge is 0.478 e. The summed E-state index contributed by atoms with van der Waals surface area (Å²) >= 11 is 0. The lowest BCUT2D eigenvalue weighted by Gasteiger charge is -2.08. The standard InChI is InChI=1S/C9H18O3Si/c1-7(9(10)11)5-4-6-8(2)13-12-3/h8H,1,4-6,13H2,2-3H3,(H,10,11). The van der Waals surface area contributed by atoms with E-state index < -0.39 is 15.7 Å². The first kappa shape index (κ1) is 12.4. The Hall–Kier alpha value is -0.613. The van der Waals surface area contributed by atoms with E-state index in [0.29, 0.717) is 17.5 Å².